The van der Waals surface area contributed by atoms with E-state index in [1.54, 1.807) is 19.4 Å². The van der Waals surface area contributed by atoms with Gasteiger partial charge in [0.1, 0.15) is 0 Å². The van der Waals surface area contributed by atoms with E-state index in [0.717, 1.165) is 18.5 Å². The number of sulfonamides is 1. The highest BCUT2D eigenvalue weighted by molar-refractivity contribution is 7.89. The number of ether oxygens (including phenoxy) is 1. The van der Waals surface area contributed by atoms with Crippen LogP contribution in [0.2, 0.25) is 0 Å². The normalized spacial score (nSPS) is 13.6. The first-order valence-electron chi connectivity index (χ1n) is 6.75. The lowest BCUT2D eigenvalue weighted by atomic mass is 10.2. The van der Waals surface area contributed by atoms with Crippen LogP contribution in [0.4, 0.5) is 0 Å². The molecule has 0 fully saturated rings. The van der Waals surface area contributed by atoms with E-state index in [9.17, 15) is 8.42 Å². The third-order valence-electron chi connectivity index (χ3n) is 3.08. The van der Waals surface area contributed by atoms with E-state index in [2.05, 4.69) is 10.0 Å². The summed E-state index contributed by atoms with van der Waals surface area (Å²) in [5.74, 6) is 0. The summed E-state index contributed by atoms with van der Waals surface area (Å²) in [5, 5.41) is 3.01. The molecule has 1 aromatic heterocycles. The second-order valence-corrected chi connectivity index (χ2v) is 6.58. The van der Waals surface area contributed by atoms with Crippen LogP contribution in [0.5, 0.6) is 0 Å². The van der Waals surface area contributed by atoms with Gasteiger partial charge in [-0.05, 0) is 19.5 Å². The molecule has 6 nitrogen and oxygen atoms in total. The Labute approximate surface area is 121 Å². The molecule has 0 amide bonds. The van der Waals surface area contributed by atoms with Crippen molar-refractivity contribution in [1.29, 1.82) is 0 Å². The molecule has 0 spiro atoms. The monoisotopic (exact) mass is 303 g/mol. The maximum Gasteiger partial charge on any atom is 0.242 e. The smallest absolute Gasteiger partial charge is 0.242 e. The topological polar surface area (TPSA) is 72.4 Å². The summed E-state index contributed by atoms with van der Waals surface area (Å²) >= 11 is 0. The van der Waals surface area contributed by atoms with Crippen molar-refractivity contribution in [2.75, 3.05) is 20.8 Å². The van der Waals surface area contributed by atoms with Crippen LogP contribution >= 0.6 is 0 Å². The second kappa shape index (κ2) is 7.78. The summed E-state index contributed by atoms with van der Waals surface area (Å²) < 4.78 is 34.3. The Morgan fingerprint density at radius 3 is 2.70 bits per heavy atom. The minimum atomic E-state index is -3.50. The fourth-order valence-corrected chi connectivity index (χ4v) is 3.44. The van der Waals surface area contributed by atoms with Crippen molar-refractivity contribution < 1.29 is 13.2 Å². The summed E-state index contributed by atoms with van der Waals surface area (Å²) in [6, 6.07) is 1.50. The zero-order chi connectivity index (χ0) is 15.2. The molecular formula is C13H25N3O3S. The van der Waals surface area contributed by atoms with Crippen LogP contribution in [-0.2, 0) is 28.4 Å². The molecule has 116 valence electrons. The van der Waals surface area contributed by atoms with Gasteiger partial charge in [-0.3, -0.25) is 0 Å². The van der Waals surface area contributed by atoms with Gasteiger partial charge in [-0.2, -0.15) is 0 Å². The van der Waals surface area contributed by atoms with Gasteiger partial charge in [-0.1, -0.05) is 13.3 Å². The van der Waals surface area contributed by atoms with Crippen molar-refractivity contribution >= 4 is 10.0 Å². The molecule has 0 bridgehead atoms. The molecule has 0 radical (unpaired) electrons. The van der Waals surface area contributed by atoms with Crippen molar-refractivity contribution in [2.45, 2.75) is 37.2 Å². The minimum Gasteiger partial charge on any atom is -0.383 e. The van der Waals surface area contributed by atoms with Crippen LogP contribution in [0.1, 0.15) is 25.5 Å². The van der Waals surface area contributed by atoms with E-state index >= 15 is 0 Å². The molecule has 0 saturated heterocycles. The van der Waals surface area contributed by atoms with Gasteiger partial charge >= 0.3 is 0 Å². The molecule has 0 aliphatic carbocycles. The molecule has 20 heavy (non-hydrogen) atoms. The van der Waals surface area contributed by atoms with Gasteiger partial charge in [0.2, 0.25) is 10.0 Å². The molecule has 1 heterocycles. The van der Waals surface area contributed by atoms with Gasteiger partial charge in [-0.25, -0.2) is 13.1 Å². The van der Waals surface area contributed by atoms with Gasteiger partial charge in [0.15, 0.2) is 0 Å². The molecule has 0 aromatic carbocycles. The lowest BCUT2D eigenvalue weighted by molar-refractivity contribution is 0.171. The first-order chi connectivity index (χ1) is 9.44. The predicted molar refractivity (Wildman–Crippen MR) is 79.1 cm³/mol. The van der Waals surface area contributed by atoms with Gasteiger partial charge in [0.25, 0.3) is 0 Å². The first kappa shape index (κ1) is 17.2. The predicted octanol–water partition coefficient (Wildman–Crippen LogP) is 0.838. The molecule has 7 heteroatoms. The zero-order valence-corrected chi connectivity index (χ0v) is 13.5. The summed E-state index contributed by atoms with van der Waals surface area (Å²) in [6.45, 7) is 3.02. The molecule has 1 atom stereocenters. The summed E-state index contributed by atoms with van der Waals surface area (Å²) in [4.78, 5) is 0.294. The second-order valence-electron chi connectivity index (χ2n) is 4.87. The van der Waals surface area contributed by atoms with Crippen LogP contribution in [0.25, 0.3) is 0 Å². The molecular weight excluding hydrogens is 278 g/mol. The van der Waals surface area contributed by atoms with E-state index in [1.165, 1.54) is 0 Å². The lowest BCUT2D eigenvalue weighted by Crippen LogP contribution is -2.37. The zero-order valence-electron chi connectivity index (χ0n) is 12.6. The van der Waals surface area contributed by atoms with E-state index in [1.807, 2.05) is 25.6 Å². The molecule has 2 N–H and O–H groups in total. The van der Waals surface area contributed by atoms with Crippen molar-refractivity contribution in [1.82, 2.24) is 14.6 Å². The number of hydrogen-bond donors (Lipinski definition) is 2. The van der Waals surface area contributed by atoms with Gasteiger partial charge in [0, 0.05) is 38.6 Å². The van der Waals surface area contributed by atoms with E-state index in [4.69, 9.17) is 4.74 Å². The highest BCUT2D eigenvalue weighted by Gasteiger charge is 2.21. The lowest BCUT2D eigenvalue weighted by Gasteiger charge is -2.16. The number of hydrogen-bond acceptors (Lipinski definition) is 4. The maximum absolute atomic E-state index is 12.4. The van der Waals surface area contributed by atoms with Gasteiger partial charge < -0.3 is 14.6 Å². The molecule has 1 aromatic rings. The van der Waals surface area contributed by atoms with Crippen LogP contribution in [0.3, 0.4) is 0 Å². The molecule has 0 aliphatic rings. The number of methoxy groups -OCH3 is 1. The largest absolute Gasteiger partial charge is 0.383 e. The summed E-state index contributed by atoms with van der Waals surface area (Å²) in [6.07, 6.45) is 3.28. The summed E-state index contributed by atoms with van der Waals surface area (Å²) in [5.41, 5.74) is 0.923. The Balaban J connectivity index is 2.89. The van der Waals surface area contributed by atoms with Crippen LogP contribution < -0.4 is 10.0 Å². The molecule has 1 rings (SSSR count). The molecule has 1 unspecified atom stereocenters. The number of rotatable bonds is 9. The minimum absolute atomic E-state index is 0.192. The van der Waals surface area contributed by atoms with Crippen molar-refractivity contribution in [3.63, 3.8) is 0 Å². The number of aromatic nitrogens is 1. The average Bonchev–Trinajstić information content (AvgIpc) is 2.73. The quantitative estimate of drug-likeness (QED) is 0.709. The first-order valence-corrected chi connectivity index (χ1v) is 8.24. The van der Waals surface area contributed by atoms with Crippen molar-refractivity contribution in [2.24, 2.45) is 7.05 Å². The number of nitrogens with zero attached hydrogens (tertiary/aromatic N) is 1. The number of nitrogens with one attached hydrogen (secondary N) is 2. The fraction of sp³-hybridized carbons (Fsp3) is 0.692. The Morgan fingerprint density at radius 1 is 1.45 bits per heavy atom. The molecule has 0 aliphatic heterocycles. The summed E-state index contributed by atoms with van der Waals surface area (Å²) in [7, 11) is 1.74. The Bertz CT molecular complexity index is 505. The standard InChI is InChI=1S/C13H25N3O3S/c1-5-6-11(10-19-4)15-20(17,18)13-7-12(8-14-2)16(3)9-13/h7,9,11,14-15H,5-6,8,10H2,1-4H3. The van der Waals surface area contributed by atoms with Gasteiger partial charge in [0.05, 0.1) is 11.5 Å². The third-order valence-corrected chi connectivity index (χ3v) is 4.57. The van der Waals surface area contributed by atoms with Gasteiger partial charge in [-0.15, -0.1) is 0 Å². The highest BCUT2D eigenvalue weighted by Crippen LogP contribution is 2.14. The Kier molecular flexibility index (Phi) is 6.67. The third kappa shape index (κ3) is 4.59. The van der Waals surface area contributed by atoms with Crippen LogP contribution in [-0.4, -0.2) is 39.8 Å². The Hall–Kier alpha value is -0.890. The fourth-order valence-electron chi connectivity index (χ4n) is 2.09. The average molecular weight is 303 g/mol. The highest BCUT2D eigenvalue weighted by atomic mass is 32.2. The van der Waals surface area contributed by atoms with Crippen molar-refractivity contribution in [3.05, 3.63) is 18.0 Å². The van der Waals surface area contributed by atoms with Crippen LogP contribution in [0.15, 0.2) is 17.2 Å². The van der Waals surface area contributed by atoms with E-state index < -0.39 is 10.0 Å². The SMILES string of the molecule is CCCC(COC)NS(=O)(=O)c1cc(CNC)n(C)c1. The molecule has 0 saturated carbocycles. The van der Waals surface area contributed by atoms with E-state index in [-0.39, 0.29) is 6.04 Å². The van der Waals surface area contributed by atoms with E-state index in [0.29, 0.717) is 18.0 Å². The van der Waals surface area contributed by atoms with Crippen LogP contribution in [0, 0.1) is 0 Å². The maximum atomic E-state index is 12.4. The number of aryl methyl sites for hydroxylation is 1. The van der Waals surface area contributed by atoms with Crippen molar-refractivity contribution in [3.8, 4) is 0 Å². The Morgan fingerprint density at radius 2 is 2.15 bits per heavy atom.